The van der Waals surface area contributed by atoms with Crippen molar-refractivity contribution in [3.63, 3.8) is 0 Å². The number of para-hydroxylation sites is 2. The fraction of sp³-hybridized carbons (Fsp3) is 0.0357. The zero-order valence-corrected chi connectivity index (χ0v) is 20.0. The van der Waals surface area contributed by atoms with Crippen LogP contribution in [0, 0.1) is 18.2 Å². The maximum Gasteiger partial charge on any atom is 0.493 e. The summed E-state index contributed by atoms with van der Waals surface area (Å²) >= 11 is 0. The molecule has 0 saturated carbocycles. The molecule has 0 spiro atoms. The van der Waals surface area contributed by atoms with E-state index < -0.39 is 0 Å². The Hall–Kier alpha value is -3.71. The molecular weight excluding hydrogens is 589 g/mol. The van der Waals surface area contributed by atoms with Crippen LogP contribution in [0.4, 0.5) is 5.69 Å². The summed E-state index contributed by atoms with van der Waals surface area (Å²) in [6.07, 6.45) is 3.87. The van der Waals surface area contributed by atoms with Crippen LogP contribution in [0.5, 0.6) is 11.5 Å². The standard InChI is InChI=1S/C28H18N3O.Pt/c1-29-16-17-30(20-29)22-10-7-11-23(18-22)32-24-14-15-28-26(19-24)25-12-5-6-13-27(25)31(28)21-8-3-2-4-9-21;/h2-8,10-13,15-17,19H,1H3;/q-1;. The summed E-state index contributed by atoms with van der Waals surface area (Å²) in [7, 11) is 1.94. The quantitative estimate of drug-likeness (QED) is 0.184. The molecule has 2 heterocycles. The minimum atomic E-state index is 0. The van der Waals surface area contributed by atoms with Crippen LogP contribution in [0.15, 0.2) is 91.3 Å². The van der Waals surface area contributed by atoms with Gasteiger partial charge in [0.15, 0.2) is 7.05 Å². The van der Waals surface area contributed by atoms with Gasteiger partial charge in [-0.3, -0.25) is 0 Å². The van der Waals surface area contributed by atoms with Crippen molar-refractivity contribution in [1.29, 1.82) is 0 Å². The number of ether oxygens (including phenoxy) is 1. The van der Waals surface area contributed by atoms with E-state index in [4.69, 9.17) is 4.74 Å². The van der Waals surface area contributed by atoms with Crippen molar-refractivity contribution >= 4 is 33.5 Å². The van der Waals surface area contributed by atoms with Crippen LogP contribution in [0.3, 0.4) is 0 Å². The molecule has 4 nitrogen and oxygen atoms in total. The molecule has 0 fully saturated rings. The molecule has 0 saturated heterocycles. The predicted molar refractivity (Wildman–Crippen MR) is 124 cm³/mol. The summed E-state index contributed by atoms with van der Waals surface area (Å²) < 4.78 is 12.1. The molecule has 6 rings (SSSR count). The van der Waals surface area contributed by atoms with Gasteiger partial charge in [-0.15, -0.1) is 30.3 Å². The first-order valence-corrected chi connectivity index (χ1v) is 10.4. The maximum absolute atomic E-state index is 6.16. The molecule has 1 aliphatic rings. The number of benzene rings is 4. The SMILES string of the molecule is C[N+]1=C=[N+](c2[c-]c(Oc3[c-]cc4c(c3)c3ccccc3n4-c3[c-]cccc3)ccc2)C=C1.[Pt]. The third-order valence-corrected chi connectivity index (χ3v) is 5.45. The molecule has 0 radical (unpaired) electrons. The summed E-state index contributed by atoms with van der Waals surface area (Å²) in [4.78, 5) is 0. The van der Waals surface area contributed by atoms with E-state index in [0.717, 1.165) is 33.2 Å². The molecule has 162 valence electrons. The molecule has 33 heavy (non-hydrogen) atoms. The van der Waals surface area contributed by atoms with Gasteiger partial charge in [-0.05, 0) is 11.5 Å². The second-order valence-electron chi connectivity index (χ2n) is 7.58. The van der Waals surface area contributed by atoms with Gasteiger partial charge in [-0.2, -0.15) is 30.3 Å². The van der Waals surface area contributed by atoms with Gasteiger partial charge < -0.3 is 9.30 Å². The summed E-state index contributed by atoms with van der Waals surface area (Å²) in [5, 5.41) is 2.26. The summed E-state index contributed by atoms with van der Waals surface area (Å²) in [6.45, 7) is 0. The molecule has 1 aliphatic heterocycles. The van der Waals surface area contributed by atoms with Gasteiger partial charge in [-0.1, -0.05) is 56.1 Å². The van der Waals surface area contributed by atoms with E-state index in [9.17, 15) is 0 Å². The minimum Gasteiger partial charge on any atom is -0.509 e. The first-order chi connectivity index (χ1) is 15.8. The number of aromatic nitrogens is 1. The molecular formula is C28H18N3OPt-. The third-order valence-electron chi connectivity index (χ3n) is 5.45. The first kappa shape index (κ1) is 21.2. The number of rotatable bonds is 4. The number of hydrogen-bond donors (Lipinski definition) is 0. The molecule has 0 bridgehead atoms. The van der Waals surface area contributed by atoms with Crippen LogP contribution in [-0.2, 0) is 21.1 Å². The first-order valence-electron chi connectivity index (χ1n) is 10.4. The van der Waals surface area contributed by atoms with Crippen LogP contribution in [0.2, 0.25) is 0 Å². The molecule has 4 aromatic carbocycles. The van der Waals surface area contributed by atoms with Crippen molar-refractivity contribution in [3.05, 3.63) is 109 Å². The Kier molecular flexibility index (Phi) is 5.56. The van der Waals surface area contributed by atoms with Gasteiger partial charge >= 0.3 is 6.01 Å². The summed E-state index contributed by atoms with van der Waals surface area (Å²) in [6, 6.07) is 39.3. The largest absolute Gasteiger partial charge is 0.509 e. The van der Waals surface area contributed by atoms with Gasteiger partial charge in [0.25, 0.3) is 6.20 Å². The van der Waals surface area contributed by atoms with Crippen LogP contribution in [-0.4, -0.2) is 26.8 Å². The fourth-order valence-corrected chi connectivity index (χ4v) is 4.02. The van der Waals surface area contributed by atoms with E-state index in [1.165, 1.54) is 0 Å². The van der Waals surface area contributed by atoms with E-state index in [0.29, 0.717) is 11.5 Å². The molecule has 0 unspecified atom stereocenters. The van der Waals surface area contributed by atoms with Crippen LogP contribution < -0.4 is 4.74 Å². The molecule has 5 heteroatoms. The number of fused-ring (bicyclic) bond motifs is 3. The molecule has 1 aromatic heterocycles. The summed E-state index contributed by atoms with van der Waals surface area (Å²) in [5.74, 6) is 1.27. The van der Waals surface area contributed by atoms with Crippen molar-refractivity contribution in [3.8, 4) is 17.2 Å². The average molecular weight is 608 g/mol. The van der Waals surface area contributed by atoms with Crippen LogP contribution in [0.1, 0.15) is 0 Å². The van der Waals surface area contributed by atoms with E-state index in [2.05, 4.69) is 59.1 Å². The smallest absolute Gasteiger partial charge is 0.493 e. The summed E-state index contributed by atoms with van der Waals surface area (Å²) in [5.41, 5.74) is 4.05. The van der Waals surface area contributed by atoms with E-state index in [-0.39, 0.29) is 21.1 Å². The Morgan fingerprint density at radius 2 is 1.73 bits per heavy atom. The second-order valence-corrected chi connectivity index (χ2v) is 7.58. The van der Waals surface area contributed by atoms with Crippen molar-refractivity contribution in [2.45, 2.75) is 0 Å². The Bertz CT molecular complexity index is 1590. The van der Waals surface area contributed by atoms with E-state index in [1.54, 1.807) is 0 Å². The zero-order valence-electron chi connectivity index (χ0n) is 17.7. The Labute approximate surface area is 206 Å². The molecule has 5 aromatic rings. The second kappa shape index (κ2) is 8.67. The van der Waals surface area contributed by atoms with Gasteiger partial charge in [0.1, 0.15) is 5.69 Å². The zero-order chi connectivity index (χ0) is 21.5. The van der Waals surface area contributed by atoms with Gasteiger partial charge in [0.2, 0.25) is 6.20 Å². The number of nitrogens with zero attached hydrogens (tertiary/aromatic N) is 3. The Balaban J connectivity index is 0.00000228. The molecule has 0 atom stereocenters. The molecule has 0 amide bonds. The van der Waals surface area contributed by atoms with Gasteiger partial charge in [0, 0.05) is 38.1 Å². The van der Waals surface area contributed by atoms with E-state index in [1.807, 2.05) is 77.1 Å². The normalized spacial score (nSPS) is 12.5. The van der Waals surface area contributed by atoms with Crippen LogP contribution in [0.25, 0.3) is 27.5 Å². The van der Waals surface area contributed by atoms with Crippen LogP contribution >= 0.6 is 0 Å². The minimum absolute atomic E-state index is 0. The number of hydrogen-bond acceptors (Lipinski definition) is 1. The Morgan fingerprint density at radius 3 is 2.55 bits per heavy atom. The van der Waals surface area contributed by atoms with Crippen molar-refractivity contribution in [2.24, 2.45) is 0 Å². The van der Waals surface area contributed by atoms with E-state index >= 15 is 0 Å². The Morgan fingerprint density at radius 1 is 0.848 bits per heavy atom. The third kappa shape index (κ3) is 3.85. The van der Waals surface area contributed by atoms with Gasteiger partial charge in [-0.25, -0.2) is 0 Å². The monoisotopic (exact) mass is 607 g/mol. The predicted octanol–water partition coefficient (Wildman–Crippen LogP) is 5.92. The average Bonchev–Trinajstić information content (AvgIpc) is 3.41. The van der Waals surface area contributed by atoms with Crippen molar-refractivity contribution < 1.29 is 35.0 Å². The maximum atomic E-state index is 6.16. The fourth-order valence-electron chi connectivity index (χ4n) is 4.02. The van der Waals surface area contributed by atoms with Gasteiger partial charge in [0.05, 0.1) is 0 Å². The topological polar surface area (TPSA) is 20.2 Å². The van der Waals surface area contributed by atoms with Crippen molar-refractivity contribution in [2.75, 3.05) is 7.05 Å². The molecule has 0 N–H and O–H groups in total. The molecule has 0 aliphatic carbocycles. The van der Waals surface area contributed by atoms with Crippen molar-refractivity contribution in [1.82, 2.24) is 4.57 Å².